The number of benzene rings is 1. The summed E-state index contributed by atoms with van der Waals surface area (Å²) in [6, 6.07) is 4.81. The van der Waals surface area contributed by atoms with Crippen LogP contribution >= 0.6 is 22.9 Å². The number of piperidine rings is 1. The maximum atomic E-state index is 14.4. The van der Waals surface area contributed by atoms with Crippen molar-refractivity contribution in [1.82, 2.24) is 9.88 Å². The lowest BCUT2D eigenvalue weighted by Gasteiger charge is -2.33. The average molecular weight is 442 g/mol. The Bertz CT molecular complexity index is 848. The Balaban J connectivity index is 1.49. The molecule has 1 N–H and O–H groups in total. The number of amides is 1. The highest BCUT2D eigenvalue weighted by Gasteiger charge is 2.28. The van der Waals surface area contributed by atoms with E-state index in [1.54, 1.807) is 23.2 Å². The molecule has 0 unspecified atom stereocenters. The molecule has 0 saturated carbocycles. The number of likely N-dealkylation sites (tertiary alicyclic amines) is 1. The first-order valence-electron chi connectivity index (χ1n) is 9.48. The van der Waals surface area contributed by atoms with Gasteiger partial charge in [-0.1, -0.05) is 11.6 Å². The van der Waals surface area contributed by atoms with E-state index < -0.39 is 11.4 Å². The van der Waals surface area contributed by atoms with Gasteiger partial charge in [-0.15, -0.1) is 11.3 Å². The van der Waals surface area contributed by atoms with E-state index in [-0.39, 0.29) is 17.9 Å². The van der Waals surface area contributed by atoms with Gasteiger partial charge in [-0.05, 0) is 32.9 Å². The maximum Gasteiger partial charge on any atom is 0.410 e. The summed E-state index contributed by atoms with van der Waals surface area (Å²) in [6.07, 6.45) is 2.49. The Labute approximate surface area is 179 Å². The van der Waals surface area contributed by atoms with Crippen LogP contribution in [0, 0.1) is 5.82 Å². The fourth-order valence-corrected chi connectivity index (χ4v) is 3.84. The molecule has 1 aromatic heterocycles. The molecule has 1 amide bonds. The molecule has 9 heteroatoms. The van der Waals surface area contributed by atoms with Crippen molar-refractivity contribution < 1.29 is 18.7 Å². The van der Waals surface area contributed by atoms with E-state index in [0.29, 0.717) is 42.6 Å². The number of aromatic nitrogens is 1. The first-order chi connectivity index (χ1) is 13.7. The molecule has 158 valence electrons. The van der Waals surface area contributed by atoms with Crippen molar-refractivity contribution in [3.8, 4) is 5.75 Å². The quantitative estimate of drug-likeness (QED) is 0.679. The Morgan fingerprint density at radius 1 is 1.38 bits per heavy atom. The van der Waals surface area contributed by atoms with Crippen molar-refractivity contribution in [3.05, 3.63) is 39.6 Å². The van der Waals surface area contributed by atoms with E-state index in [4.69, 9.17) is 21.1 Å². The lowest BCUT2D eigenvalue weighted by molar-refractivity contribution is 0.0123. The zero-order chi connectivity index (χ0) is 21.0. The van der Waals surface area contributed by atoms with Crippen LogP contribution in [0.5, 0.6) is 5.75 Å². The Morgan fingerprint density at radius 2 is 2.10 bits per heavy atom. The van der Waals surface area contributed by atoms with Gasteiger partial charge in [-0.3, -0.25) is 0 Å². The standard InChI is InChI=1S/C20H25ClFN3O3S/c1-20(2,3)28-19(26)25-8-6-14(7-9-25)27-17-5-4-13(10-16(17)22)23-11-15-12-24-18(21)29-15/h4-5,10,12,14,23H,6-9,11H2,1-3H3. The van der Waals surface area contributed by atoms with E-state index in [1.165, 1.54) is 17.4 Å². The van der Waals surface area contributed by atoms with Crippen LogP contribution in [-0.2, 0) is 11.3 Å². The highest BCUT2D eigenvalue weighted by atomic mass is 35.5. The smallest absolute Gasteiger partial charge is 0.410 e. The number of carbonyl (C=O) groups excluding carboxylic acids is 1. The van der Waals surface area contributed by atoms with Gasteiger partial charge in [-0.25, -0.2) is 14.2 Å². The van der Waals surface area contributed by atoms with Crippen LogP contribution in [0.15, 0.2) is 24.4 Å². The number of hydrogen-bond acceptors (Lipinski definition) is 6. The summed E-state index contributed by atoms with van der Waals surface area (Å²) in [6.45, 7) is 7.10. The minimum Gasteiger partial charge on any atom is -0.487 e. The summed E-state index contributed by atoms with van der Waals surface area (Å²) in [5.74, 6) is -0.209. The molecule has 1 saturated heterocycles. The van der Waals surface area contributed by atoms with Gasteiger partial charge in [0.15, 0.2) is 16.0 Å². The number of carbonyl (C=O) groups is 1. The first kappa shape index (κ1) is 21.6. The van der Waals surface area contributed by atoms with Crippen LogP contribution in [0.1, 0.15) is 38.5 Å². The number of anilines is 1. The highest BCUT2D eigenvalue weighted by molar-refractivity contribution is 7.15. The molecule has 0 aliphatic carbocycles. The van der Waals surface area contributed by atoms with E-state index >= 15 is 0 Å². The lowest BCUT2D eigenvalue weighted by Crippen LogP contribution is -2.44. The SMILES string of the molecule is CC(C)(C)OC(=O)N1CCC(Oc2ccc(NCc3cnc(Cl)s3)cc2F)CC1. The summed E-state index contributed by atoms with van der Waals surface area (Å²) in [5, 5.41) is 3.14. The molecule has 2 heterocycles. The van der Waals surface area contributed by atoms with Crippen LogP contribution in [-0.4, -0.2) is 40.8 Å². The van der Waals surface area contributed by atoms with Crippen LogP contribution in [0.2, 0.25) is 4.47 Å². The fourth-order valence-electron chi connectivity index (χ4n) is 2.92. The molecule has 0 bridgehead atoms. The summed E-state index contributed by atoms with van der Waals surface area (Å²) in [5.41, 5.74) is 0.134. The van der Waals surface area contributed by atoms with Gasteiger partial charge < -0.3 is 19.7 Å². The van der Waals surface area contributed by atoms with Crippen LogP contribution in [0.4, 0.5) is 14.9 Å². The second-order valence-corrected chi connectivity index (χ2v) is 9.56. The number of rotatable bonds is 5. The predicted molar refractivity (Wildman–Crippen MR) is 112 cm³/mol. The molecule has 1 aliphatic rings. The minimum atomic E-state index is -0.518. The van der Waals surface area contributed by atoms with E-state index in [9.17, 15) is 9.18 Å². The van der Waals surface area contributed by atoms with Crippen LogP contribution in [0.25, 0.3) is 0 Å². The third-order valence-corrected chi connectivity index (χ3v) is 5.43. The van der Waals surface area contributed by atoms with Crippen molar-refractivity contribution in [2.75, 3.05) is 18.4 Å². The minimum absolute atomic E-state index is 0.138. The molecule has 0 radical (unpaired) electrons. The molecule has 1 aliphatic heterocycles. The number of nitrogens with one attached hydrogen (secondary N) is 1. The molecule has 0 atom stereocenters. The number of thiazole rings is 1. The lowest BCUT2D eigenvalue weighted by atomic mass is 10.1. The molecular weight excluding hydrogens is 417 g/mol. The van der Waals surface area contributed by atoms with E-state index in [1.807, 2.05) is 20.8 Å². The molecular formula is C20H25ClFN3O3S. The van der Waals surface area contributed by atoms with Gasteiger partial charge in [-0.2, -0.15) is 0 Å². The molecule has 0 spiro atoms. The highest BCUT2D eigenvalue weighted by Crippen LogP contribution is 2.26. The number of hydrogen-bond donors (Lipinski definition) is 1. The zero-order valence-electron chi connectivity index (χ0n) is 16.7. The van der Waals surface area contributed by atoms with Crippen LogP contribution < -0.4 is 10.1 Å². The van der Waals surface area contributed by atoms with Crippen molar-refractivity contribution in [3.63, 3.8) is 0 Å². The Morgan fingerprint density at radius 3 is 2.69 bits per heavy atom. The average Bonchev–Trinajstić information content (AvgIpc) is 3.06. The number of nitrogens with zero attached hydrogens (tertiary/aromatic N) is 2. The normalized spacial score (nSPS) is 15.3. The van der Waals surface area contributed by atoms with Crippen LogP contribution in [0.3, 0.4) is 0 Å². The monoisotopic (exact) mass is 441 g/mol. The second-order valence-electron chi connectivity index (χ2n) is 7.86. The van der Waals surface area contributed by atoms with Crippen molar-refractivity contribution in [1.29, 1.82) is 0 Å². The van der Waals surface area contributed by atoms with E-state index in [0.717, 1.165) is 4.88 Å². The molecule has 1 fully saturated rings. The van der Waals surface area contributed by atoms with Crippen molar-refractivity contribution in [2.45, 2.75) is 51.9 Å². The molecule has 2 aromatic rings. The molecule has 6 nitrogen and oxygen atoms in total. The molecule has 3 rings (SSSR count). The summed E-state index contributed by atoms with van der Waals surface area (Å²) < 4.78 is 26.1. The van der Waals surface area contributed by atoms with Crippen molar-refractivity contribution >= 4 is 34.7 Å². The summed E-state index contributed by atoms with van der Waals surface area (Å²) >= 11 is 7.19. The first-order valence-corrected chi connectivity index (χ1v) is 10.7. The summed E-state index contributed by atoms with van der Waals surface area (Å²) in [4.78, 5) is 18.7. The van der Waals surface area contributed by atoms with Gasteiger partial charge in [0.2, 0.25) is 0 Å². The Kier molecular flexibility index (Phi) is 6.85. The zero-order valence-corrected chi connectivity index (χ0v) is 18.3. The maximum absolute atomic E-state index is 14.4. The number of halogens is 2. The Hall–Kier alpha value is -2.06. The predicted octanol–water partition coefficient (Wildman–Crippen LogP) is 5.33. The largest absolute Gasteiger partial charge is 0.487 e. The fraction of sp³-hybridized carbons (Fsp3) is 0.500. The van der Waals surface area contributed by atoms with Crippen molar-refractivity contribution in [2.24, 2.45) is 0 Å². The summed E-state index contributed by atoms with van der Waals surface area (Å²) in [7, 11) is 0. The van der Waals surface area contributed by atoms with Gasteiger partial charge in [0.05, 0.1) is 6.54 Å². The van der Waals surface area contributed by atoms with Gasteiger partial charge in [0.1, 0.15) is 11.7 Å². The molecule has 1 aromatic carbocycles. The van der Waals surface area contributed by atoms with E-state index in [2.05, 4.69) is 10.3 Å². The topological polar surface area (TPSA) is 63.7 Å². The van der Waals surface area contributed by atoms with Gasteiger partial charge in [0.25, 0.3) is 0 Å². The van der Waals surface area contributed by atoms with Gasteiger partial charge >= 0.3 is 6.09 Å². The third kappa shape index (κ3) is 6.47. The van der Waals surface area contributed by atoms with Gasteiger partial charge in [0, 0.05) is 48.8 Å². The number of ether oxygens (including phenoxy) is 2. The molecule has 29 heavy (non-hydrogen) atoms. The second kappa shape index (κ2) is 9.17. The third-order valence-electron chi connectivity index (χ3n) is 4.31.